The predicted octanol–water partition coefficient (Wildman–Crippen LogP) is 3.91. The van der Waals surface area contributed by atoms with Gasteiger partial charge in [-0.15, -0.1) is 24.0 Å². The minimum atomic E-state index is -5.24. The second kappa shape index (κ2) is 12.8. The molecule has 1 atom stereocenters. The van der Waals surface area contributed by atoms with Crippen LogP contribution >= 0.6 is 24.0 Å². The number of rotatable bonds is 8. The zero-order chi connectivity index (χ0) is 22.2. The summed E-state index contributed by atoms with van der Waals surface area (Å²) in [5.41, 5.74) is -3.96. The number of benzene rings is 1. The zero-order valence-corrected chi connectivity index (χ0v) is 21.0. The van der Waals surface area contributed by atoms with Gasteiger partial charge in [-0.2, -0.15) is 17.5 Å². The van der Waals surface area contributed by atoms with Gasteiger partial charge in [-0.3, -0.25) is 4.99 Å². The number of hydrogen-bond donors (Lipinski definition) is 2. The van der Waals surface area contributed by atoms with Crippen molar-refractivity contribution in [1.82, 2.24) is 14.9 Å². The van der Waals surface area contributed by atoms with Crippen molar-refractivity contribution in [2.45, 2.75) is 44.5 Å². The Morgan fingerprint density at radius 3 is 2.35 bits per heavy atom. The van der Waals surface area contributed by atoms with Gasteiger partial charge in [-0.25, -0.2) is 8.42 Å². The normalized spacial score (nSPS) is 17.6. The summed E-state index contributed by atoms with van der Waals surface area (Å²) >= 11 is 0. The second-order valence-corrected chi connectivity index (χ2v) is 9.47. The van der Waals surface area contributed by atoms with Crippen LogP contribution in [0.3, 0.4) is 0 Å². The molecule has 6 nitrogen and oxygen atoms in total. The van der Waals surface area contributed by atoms with E-state index in [0.717, 1.165) is 13.0 Å². The summed E-state index contributed by atoms with van der Waals surface area (Å²) in [6.07, 6.45) is 1.66. The third kappa shape index (κ3) is 8.41. The van der Waals surface area contributed by atoms with E-state index in [4.69, 9.17) is 0 Å². The van der Waals surface area contributed by atoms with Crippen LogP contribution in [0, 0.1) is 5.92 Å². The summed E-state index contributed by atoms with van der Waals surface area (Å²) < 4.78 is 61.5. The predicted molar refractivity (Wildman–Crippen MR) is 128 cm³/mol. The molecular formula is C20H32F3IN4O2S. The van der Waals surface area contributed by atoms with Crippen molar-refractivity contribution < 1.29 is 21.6 Å². The molecule has 0 aromatic heterocycles. The molecule has 1 aliphatic heterocycles. The molecule has 1 fully saturated rings. The minimum Gasteiger partial charge on any atom is -0.357 e. The number of hydrogen-bond acceptors (Lipinski definition) is 3. The Morgan fingerprint density at radius 1 is 1.19 bits per heavy atom. The largest absolute Gasteiger partial charge is 0.511 e. The molecule has 1 heterocycles. The number of nitrogens with zero attached hydrogens (tertiary/aromatic N) is 2. The van der Waals surface area contributed by atoms with E-state index in [2.05, 4.69) is 34.7 Å². The van der Waals surface area contributed by atoms with Gasteiger partial charge in [0.15, 0.2) is 5.96 Å². The SMILES string of the molecule is CCNC(=NCC1CCN(S(=O)(=O)C(F)(F)F)CC1)NCCC(C)c1ccccc1.I. The molecule has 0 spiro atoms. The lowest BCUT2D eigenvalue weighted by Crippen LogP contribution is -2.45. The Bertz CT molecular complexity index is 783. The molecule has 1 aromatic carbocycles. The molecular weight excluding hydrogens is 544 g/mol. The molecule has 1 unspecified atom stereocenters. The van der Waals surface area contributed by atoms with Gasteiger partial charge in [0, 0.05) is 32.7 Å². The maximum absolute atomic E-state index is 12.7. The number of piperidine rings is 1. The van der Waals surface area contributed by atoms with Crippen molar-refractivity contribution in [3.05, 3.63) is 35.9 Å². The highest BCUT2D eigenvalue weighted by molar-refractivity contribution is 14.0. The van der Waals surface area contributed by atoms with E-state index in [0.29, 0.717) is 42.1 Å². The van der Waals surface area contributed by atoms with Gasteiger partial charge in [0.1, 0.15) is 0 Å². The Kier molecular flexibility index (Phi) is 11.6. The number of nitrogens with one attached hydrogen (secondary N) is 2. The summed E-state index contributed by atoms with van der Waals surface area (Å²) in [7, 11) is -5.23. The molecule has 0 saturated carbocycles. The Balaban J connectivity index is 0.00000480. The summed E-state index contributed by atoms with van der Waals surface area (Å²) in [4.78, 5) is 4.55. The molecule has 1 saturated heterocycles. The molecule has 11 heteroatoms. The fourth-order valence-electron chi connectivity index (χ4n) is 3.40. The van der Waals surface area contributed by atoms with Gasteiger partial charge in [-0.1, -0.05) is 37.3 Å². The van der Waals surface area contributed by atoms with Crippen LogP contribution in [0.5, 0.6) is 0 Å². The number of alkyl halides is 3. The Hall–Kier alpha value is -1.08. The molecule has 31 heavy (non-hydrogen) atoms. The highest BCUT2D eigenvalue weighted by atomic mass is 127. The first kappa shape index (κ1) is 28.0. The first-order valence-electron chi connectivity index (χ1n) is 10.3. The average Bonchev–Trinajstić information content (AvgIpc) is 2.72. The second-order valence-electron chi connectivity index (χ2n) is 7.54. The number of sulfonamides is 1. The molecule has 0 radical (unpaired) electrons. The quantitative estimate of drug-likeness (QED) is 0.280. The van der Waals surface area contributed by atoms with E-state index >= 15 is 0 Å². The summed E-state index contributed by atoms with van der Waals surface area (Å²) in [5, 5.41) is 6.47. The molecule has 1 aromatic rings. The van der Waals surface area contributed by atoms with E-state index in [1.165, 1.54) is 5.56 Å². The lowest BCUT2D eigenvalue weighted by molar-refractivity contribution is -0.0496. The minimum absolute atomic E-state index is 0. The number of aliphatic imine (C=N–C) groups is 1. The molecule has 0 bridgehead atoms. The van der Waals surface area contributed by atoms with Crippen LogP contribution in [0.4, 0.5) is 13.2 Å². The Morgan fingerprint density at radius 2 is 1.81 bits per heavy atom. The highest BCUT2D eigenvalue weighted by Crippen LogP contribution is 2.30. The van der Waals surface area contributed by atoms with Crippen LogP contribution in [-0.2, 0) is 10.0 Å². The maximum Gasteiger partial charge on any atom is 0.511 e. The fourth-order valence-corrected chi connectivity index (χ4v) is 4.38. The maximum atomic E-state index is 12.7. The third-order valence-corrected chi connectivity index (χ3v) is 6.93. The summed E-state index contributed by atoms with van der Waals surface area (Å²) in [5.74, 6) is 1.13. The van der Waals surface area contributed by atoms with E-state index in [1.807, 2.05) is 25.1 Å². The first-order valence-corrected chi connectivity index (χ1v) is 11.7. The van der Waals surface area contributed by atoms with E-state index in [-0.39, 0.29) is 43.0 Å². The van der Waals surface area contributed by atoms with Crippen molar-refractivity contribution >= 4 is 40.0 Å². The van der Waals surface area contributed by atoms with Crippen LogP contribution in [0.2, 0.25) is 0 Å². The number of halogens is 4. The van der Waals surface area contributed by atoms with E-state index in [1.54, 1.807) is 0 Å². The van der Waals surface area contributed by atoms with E-state index < -0.39 is 15.5 Å². The van der Waals surface area contributed by atoms with Crippen molar-refractivity contribution in [2.24, 2.45) is 10.9 Å². The molecule has 2 N–H and O–H groups in total. The molecule has 0 amide bonds. The lowest BCUT2D eigenvalue weighted by atomic mass is 9.98. The monoisotopic (exact) mass is 576 g/mol. The van der Waals surface area contributed by atoms with Crippen LogP contribution in [0.1, 0.15) is 44.6 Å². The zero-order valence-electron chi connectivity index (χ0n) is 17.9. The Labute approximate surface area is 200 Å². The highest BCUT2D eigenvalue weighted by Gasteiger charge is 2.50. The fraction of sp³-hybridized carbons (Fsp3) is 0.650. The van der Waals surface area contributed by atoms with Crippen LogP contribution in [0.25, 0.3) is 0 Å². The van der Waals surface area contributed by atoms with Crippen LogP contribution in [-0.4, -0.2) is 56.9 Å². The molecule has 178 valence electrons. The summed E-state index contributed by atoms with van der Waals surface area (Å²) in [6.45, 7) is 5.77. The summed E-state index contributed by atoms with van der Waals surface area (Å²) in [6, 6.07) is 10.3. The van der Waals surface area contributed by atoms with Crippen LogP contribution < -0.4 is 10.6 Å². The van der Waals surface area contributed by atoms with Crippen molar-refractivity contribution in [2.75, 3.05) is 32.7 Å². The van der Waals surface area contributed by atoms with Gasteiger partial charge < -0.3 is 10.6 Å². The lowest BCUT2D eigenvalue weighted by Gasteiger charge is -2.30. The average molecular weight is 576 g/mol. The molecule has 2 rings (SSSR count). The third-order valence-electron chi connectivity index (χ3n) is 5.30. The van der Waals surface area contributed by atoms with Gasteiger partial charge in [0.05, 0.1) is 0 Å². The van der Waals surface area contributed by atoms with E-state index in [9.17, 15) is 21.6 Å². The molecule has 0 aliphatic carbocycles. The van der Waals surface area contributed by atoms with Crippen molar-refractivity contribution in [1.29, 1.82) is 0 Å². The topological polar surface area (TPSA) is 73.8 Å². The smallest absolute Gasteiger partial charge is 0.357 e. The first-order chi connectivity index (χ1) is 14.1. The number of guanidine groups is 1. The molecule has 1 aliphatic rings. The van der Waals surface area contributed by atoms with Gasteiger partial charge in [0.2, 0.25) is 0 Å². The van der Waals surface area contributed by atoms with Gasteiger partial charge >= 0.3 is 15.5 Å². The van der Waals surface area contributed by atoms with Crippen LogP contribution in [0.15, 0.2) is 35.3 Å². The van der Waals surface area contributed by atoms with Crippen molar-refractivity contribution in [3.8, 4) is 0 Å². The van der Waals surface area contributed by atoms with Gasteiger partial charge in [-0.05, 0) is 43.6 Å². The van der Waals surface area contributed by atoms with Gasteiger partial charge in [0.25, 0.3) is 0 Å². The standard InChI is InChI=1S/C20H31F3N4O2S.HI/c1-3-24-19(25-12-9-16(2)18-7-5-4-6-8-18)26-15-17-10-13-27(14-11-17)30(28,29)20(21,22)23;/h4-8,16-17H,3,9-15H2,1-2H3,(H2,24,25,26);1H. The van der Waals surface area contributed by atoms with Crippen molar-refractivity contribution in [3.63, 3.8) is 0 Å².